The van der Waals surface area contributed by atoms with Crippen LogP contribution in [-0.2, 0) is 4.79 Å². The summed E-state index contributed by atoms with van der Waals surface area (Å²) in [5, 5.41) is 38.7. The number of carboxylic acid groups (broad SMARTS) is 1. The van der Waals surface area contributed by atoms with Crippen LogP contribution in [0, 0.1) is 0 Å². The zero-order valence-electron chi connectivity index (χ0n) is 9.54. The molecule has 0 heterocycles. The first-order valence-corrected chi connectivity index (χ1v) is 5.00. The SMILES string of the molecule is CC(O)(CNC(=O)c1cc(O)ccc1O)C(=O)O. The highest BCUT2D eigenvalue weighted by Crippen LogP contribution is 2.21. The maximum atomic E-state index is 11.6. The lowest BCUT2D eigenvalue weighted by molar-refractivity contribution is -0.155. The van der Waals surface area contributed by atoms with Gasteiger partial charge >= 0.3 is 5.97 Å². The first-order valence-electron chi connectivity index (χ1n) is 5.00. The number of aliphatic carboxylic acids is 1. The van der Waals surface area contributed by atoms with Crippen molar-refractivity contribution in [2.45, 2.75) is 12.5 Å². The van der Waals surface area contributed by atoms with E-state index in [1.54, 1.807) is 0 Å². The highest BCUT2D eigenvalue weighted by molar-refractivity contribution is 5.97. The van der Waals surface area contributed by atoms with E-state index in [1.165, 1.54) is 6.07 Å². The van der Waals surface area contributed by atoms with Gasteiger partial charge in [-0.1, -0.05) is 0 Å². The van der Waals surface area contributed by atoms with Crippen molar-refractivity contribution in [2.75, 3.05) is 6.54 Å². The zero-order valence-corrected chi connectivity index (χ0v) is 9.54. The van der Waals surface area contributed by atoms with E-state index in [0.29, 0.717) is 0 Å². The Labute approximate surface area is 102 Å². The molecule has 1 aromatic carbocycles. The third kappa shape index (κ3) is 3.11. The lowest BCUT2D eigenvalue weighted by Crippen LogP contribution is -2.46. The van der Waals surface area contributed by atoms with Crippen molar-refractivity contribution in [2.24, 2.45) is 0 Å². The Balaban J connectivity index is 2.78. The van der Waals surface area contributed by atoms with Gasteiger partial charge in [-0.3, -0.25) is 4.79 Å². The number of hydrogen-bond acceptors (Lipinski definition) is 5. The zero-order chi connectivity index (χ0) is 13.9. The van der Waals surface area contributed by atoms with Crippen LogP contribution in [0.2, 0.25) is 0 Å². The molecule has 18 heavy (non-hydrogen) atoms. The third-order valence-electron chi connectivity index (χ3n) is 2.28. The van der Waals surface area contributed by atoms with E-state index in [4.69, 9.17) is 10.2 Å². The molecule has 7 nitrogen and oxygen atoms in total. The first-order chi connectivity index (χ1) is 8.24. The van der Waals surface area contributed by atoms with Crippen LogP contribution in [0.1, 0.15) is 17.3 Å². The largest absolute Gasteiger partial charge is 0.508 e. The van der Waals surface area contributed by atoms with Crippen LogP contribution in [-0.4, -0.2) is 44.4 Å². The fourth-order valence-corrected chi connectivity index (χ4v) is 1.13. The minimum atomic E-state index is -2.11. The Morgan fingerprint density at radius 3 is 2.50 bits per heavy atom. The minimum Gasteiger partial charge on any atom is -0.508 e. The van der Waals surface area contributed by atoms with Crippen molar-refractivity contribution in [1.82, 2.24) is 5.32 Å². The van der Waals surface area contributed by atoms with Gasteiger partial charge in [0.05, 0.1) is 12.1 Å². The Kier molecular flexibility index (Phi) is 3.77. The van der Waals surface area contributed by atoms with Crippen molar-refractivity contribution < 1.29 is 30.0 Å². The summed E-state index contributed by atoms with van der Waals surface area (Å²) in [6.07, 6.45) is 0. The van der Waals surface area contributed by atoms with Gasteiger partial charge in [-0.05, 0) is 25.1 Å². The maximum Gasteiger partial charge on any atom is 0.337 e. The van der Waals surface area contributed by atoms with E-state index in [9.17, 15) is 19.8 Å². The van der Waals surface area contributed by atoms with E-state index >= 15 is 0 Å². The van der Waals surface area contributed by atoms with Gasteiger partial charge in [0.1, 0.15) is 11.5 Å². The van der Waals surface area contributed by atoms with Gasteiger partial charge < -0.3 is 25.7 Å². The molecule has 1 rings (SSSR count). The Bertz CT molecular complexity index is 482. The number of amides is 1. The highest BCUT2D eigenvalue weighted by atomic mass is 16.4. The van der Waals surface area contributed by atoms with Crippen molar-refractivity contribution in [3.8, 4) is 11.5 Å². The number of hydrogen-bond donors (Lipinski definition) is 5. The normalized spacial score (nSPS) is 13.7. The first kappa shape index (κ1) is 13.8. The summed E-state index contributed by atoms with van der Waals surface area (Å²) in [4.78, 5) is 22.2. The van der Waals surface area contributed by atoms with E-state index in [-0.39, 0.29) is 17.1 Å². The predicted molar refractivity (Wildman–Crippen MR) is 60.4 cm³/mol. The van der Waals surface area contributed by atoms with Crippen LogP contribution < -0.4 is 5.32 Å². The number of carbonyl (C=O) groups is 2. The highest BCUT2D eigenvalue weighted by Gasteiger charge is 2.30. The van der Waals surface area contributed by atoms with Crippen molar-refractivity contribution >= 4 is 11.9 Å². The van der Waals surface area contributed by atoms with Gasteiger partial charge in [0.2, 0.25) is 0 Å². The molecule has 0 saturated carbocycles. The molecular formula is C11H13NO6. The van der Waals surface area contributed by atoms with E-state index in [2.05, 4.69) is 5.32 Å². The summed E-state index contributed by atoms with van der Waals surface area (Å²) in [6, 6.07) is 3.35. The molecule has 0 aliphatic rings. The van der Waals surface area contributed by atoms with Gasteiger partial charge in [-0.25, -0.2) is 4.79 Å². The van der Waals surface area contributed by atoms with Gasteiger partial charge in [-0.15, -0.1) is 0 Å². The second-order valence-electron chi connectivity index (χ2n) is 3.96. The van der Waals surface area contributed by atoms with Crippen LogP contribution in [0.5, 0.6) is 11.5 Å². The van der Waals surface area contributed by atoms with Crippen LogP contribution in [0.25, 0.3) is 0 Å². The van der Waals surface area contributed by atoms with E-state index in [0.717, 1.165) is 19.1 Å². The van der Waals surface area contributed by atoms with Gasteiger partial charge in [0.15, 0.2) is 5.60 Å². The molecule has 5 N–H and O–H groups in total. The average molecular weight is 255 g/mol. The Morgan fingerprint density at radius 1 is 1.33 bits per heavy atom. The third-order valence-corrected chi connectivity index (χ3v) is 2.28. The molecule has 0 radical (unpaired) electrons. The summed E-state index contributed by atoms with van der Waals surface area (Å²) < 4.78 is 0. The molecule has 98 valence electrons. The molecule has 1 unspecified atom stereocenters. The molecule has 0 aliphatic carbocycles. The molecule has 0 spiro atoms. The minimum absolute atomic E-state index is 0.212. The van der Waals surface area contributed by atoms with E-state index in [1.807, 2.05) is 0 Å². The number of benzene rings is 1. The molecular weight excluding hydrogens is 242 g/mol. The topological polar surface area (TPSA) is 127 Å². The Morgan fingerprint density at radius 2 is 1.94 bits per heavy atom. The van der Waals surface area contributed by atoms with Crippen LogP contribution in [0.15, 0.2) is 18.2 Å². The molecule has 1 atom stereocenters. The number of nitrogens with one attached hydrogen (secondary N) is 1. The van der Waals surface area contributed by atoms with Crippen molar-refractivity contribution in [1.29, 1.82) is 0 Å². The van der Waals surface area contributed by atoms with Crippen LogP contribution in [0.3, 0.4) is 0 Å². The molecule has 7 heteroatoms. The number of phenolic OH excluding ortho intramolecular Hbond substituents is 2. The van der Waals surface area contributed by atoms with Gasteiger partial charge in [-0.2, -0.15) is 0 Å². The summed E-state index contributed by atoms with van der Waals surface area (Å²) >= 11 is 0. The van der Waals surface area contributed by atoms with Gasteiger partial charge in [0.25, 0.3) is 5.91 Å². The molecule has 0 bridgehead atoms. The molecule has 0 aliphatic heterocycles. The molecule has 0 fully saturated rings. The number of phenols is 2. The quantitative estimate of drug-likeness (QED) is 0.468. The molecule has 0 aromatic heterocycles. The molecule has 0 saturated heterocycles. The molecule has 1 aromatic rings. The van der Waals surface area contributed by atoms with Gasteiger partial charge in [0, 0.05) is 0 Å². The summed E-state index contributed by atoms with van der Waals surface area (Å²) in [5.41, 5.74) is -2.32. The maximum absolute atomic E-state index is 11.6. The second kappa shape index (κ2) is 4.92. The van der Waals surface area contributed by atoms with Crippen LogP contribution >= 0.6 is 0 Å². The Hall–Kier alpha value is -2.28. The second-order valence-corrected chi connectivity index (χ2v) is 3.96. The standard InChI is InChI=1S/C11H13NO6/c1-11(18,10(16)17)5-12-9(15)7-4-6(13)2-3-8(7)14/h2-4,13-14,18H,5H2,1H3,(H,12,15)(H,16,17). The molecule has 1 amide bonds. The van der Waals surface area contributed by atoms with Crippen molar-refractivity contribution in [3.05, 3.63) is 23.8 Å². The predicted octanol–water partition coefficient (Wildman–Crippen LogP) is -0.337. The summed E-state index contributed by atoms with van der Waals surface area (Å²) in [5.74, 6) is -2.86. The summed E-state index contributed by atoms with van der Waals surface area (Å²) in [6.45, 7) is 0.494. The monoisotopic (exact) mass is 255 g/mol. The number of carbonyl (C=O) groups excluding carboxylic acids is 1. The van der Waals surface area contributed by atoms with Crippen molar-refractivity contribution in [3.63, 3.8) is 0 Å². The van der Waals surface area contributed by atoms with Crippen LogP contribution in [0.4, 0.5) is 0 Å². The lowest BCUT2D eigenvalue weighted by Gasteiger charge is -2.18. The lowest BCUT2D eigenvalue weighted by atomic mass is 10.1. The number of aliphatic hydroxyl groups is 1. The number of carboxylic acids is 1. The fraction of sp³-hybridized carbons (Fsp3) is 0.273. The number of aromatic hydroxyl groups is 2. The smallest absolute Gasteiger partial charge is 0.337 e. The number of rotatable bonds is 4. The fourth-order valence-electron chi connectivity index (χ4n) is 1.13. The summed E-state index contributed by atoms with van der Waals surface area (Å²) in [7, 11) is 0. The van der Waals surface area contributed by atoms with E-state index < -0.39 is 24.0 Å². The average Bonchev–Trinajstić information content (AvgIpc) is 2.29.